The van der Waals surface area contributed by atoms with E-state index in [1.165, 1.54) is 13.0 Å². The van der Waals surface area contributed by atoms with Crippen molar-refractivity contribution in [1.29, 1.82) is 0 Å². The van der Waals surface area contributed by atoms with Gasteiger partial charge in [0, 0.05) is 18.3 Å². The van der Waals surface area contributed by atoms with E-state index in [9.17, 15) is 22.8 Å². The topological polar surface area (TPSA) is 70.2 Å². The van der Waals surface area contributed by atoms with Gasteiger partial charge in [-0.3, -0.25) is 9.59 Å². The maximum absolute atomic E-state index is 13.3. The van der Waals surface area contributed by atoms with Gasteiger partial charge in [0.2, 0.25) is 11.8 Å². The molecule has 27 heavy (non-hydrogen) atoms. The molecule has 0 saturated carbocycles. The first-order valence-corrected chi connectivity index (χ1v) is 8.23. The zero-order chi connectivity index (χ0) is 20.2. The van der Waals surface area contributed by atoms with Crippen LogP contribution in [0.3, 0.4) is 0 Å². The molecule has 0 bridgehead atoms. The van der Waals surface area contributed by atoms with Crippen molar-refractivity contribution < 1.29 is 22.8 Å². The van der Waals surface area contributed by atoms with Gasteiger partial charge < -0.3 is 16.0 Å². The zero-order valence-corrected chi connectivity index (χ0v) is 15.3. The molecule has 0 aliphatic rings. The average Bonchev–Trinajstić information content (AvgIpc) is 2.55. The molecule has 0 aromatic heterocycles. The monoisotopic (exact) mass is 399 g/mol. The highest BCUT2D eigenvalue weighted by molar-refractivity contribution is 6.33. The van der Waals surface area contributed by atoms with Crippen molar-refractivity contribution in [2.75, 3.05) is 22.5 Å². The first kappa shape index (κ1) is 20.6. The molecule has 0 fully saturated rings. The van der Waals surface area contributed by atoms with Gasteiger partial charge >= 0.3 is 6.18 Å². The molecule has 0 spiro atoms. The standard InChI is InChI=1S/C18H17ClF3N3O2/c1-10-3-5-16(14(19)7-10)25-17(27)9-23-15-6-4-12(24-11(2)26)8-13(15)18(20,21)22/h3-8,23H,9H2,1-2H3,(H,24,26)(H,25,27). The fraction of sp³-hybridized carbons (Fsp3) is 0.222. The summed E-state index contributed by atoms with van der Waals surface area (Å²) in [6, 6.07) is 8.29. The average molecular weight is 400 g/mol. The summed E-state index contributed by atoms with van der Waals surface area (Å²) >= 11 is 6.02. The van der Waals surface area contributed by atoms with Crippen LogP contribution in [0.2, 0.25) is 5.02 Å². The Morgan fingerprint density at radius 2 is 1.70 bits per heavy atom. The molecule has 0 unspecified atom stereocenters. The molecular formula is C18H17ClF3N3O2. The van der Waals surface area contributed by atoms with Crippen LogP contribution >= 0.6 is 11.6 Å². The number of anilines is 3. The number of rotatable bonds is 5. The molecular weight excluding hydrogens is 383 g/mol. The molecule has 2 aromatic rings. The summed E-state index contributed by atoms with van der Waals surface area (Å²) in [6.07, 6.45) is -4.66. The summed E-state index contributed by atoms with van der Waals surface area (Å²) in [6.45, 7) is 2.63. The second-order valence-electron chi connectivity index (χ2n) is 5.82. The van der Waals surface area contributed by atoms with Crippen molar-refractivity contribution in [1.82, 2.24) is 0 Å². The number of alkyl halides is 3. The van der Waals surface area contributed by atoms with E-state index in [0.29, 0.717) is 10.7 Å². The van der Waals surface area contributed by atoms with E-state index in [1.54, 1.807) is 18.2 Å². The highest BCUT2D eigenvalue weighted by atomic mass is 35.5. The number of hydrogen-bond donors (Lipinski definition) is 3. The van der Waals surface area contributed by atoms with Crippen LogP contribution in [0.1, 0.15) is 18.1 Å². The molecule has 3 N–H and O–H groups in total. The van der Waals surface area contributed by atoms with E-state index in [4.69, 9.17) is 11.6 Å². The lowest BCUT2D eigenvalue weighted by Crippen LogP contribution is -2.23. The predicted molar refractivity (Wildman–Crippen MR) is 99.1 cm³/mol. The minimum Gasteiger partial charge on any atom is -0.376 e. The number of aryl methyl sites for hydroxylation is 1. The van der Waals surface area contributed by atoms with E-state index in [1.807, 2.05) is 6.92 Å². The Labute approximate surface area is 158 Å². The zero-order valence-electron chi connectivity index (χ0n) is 14.5. The third-order valence-electron chi connectivity index (χ3n) is 3.48. The normalized spacial score (nSPS) is 11.0. The van der Waals surface area contributed by atoms with Crippen LogP contribution in [0.5, 0.6) is 0 Å². The van der Waals surface area contributed by atoms with Gasteiger partial charge in [-0.25, -0.2) is 0 Å². The first-order chi connectivity index (χ1) is 12.6. The summed E-state index contributed by atoms with van der Waals surface area (Å²) in [5, 5.41) is 7.62. The summed E-state index contributed by atoms with van der Waals surface area (Å²) in [5.41, 5.74) is 0.0178. The van der Waals surface area contributed by atoms with E-state index in [2.05, 4.69) is 16.0 Å². The van der Waals surface area contributed by atoms with Crippen LogP contribution in [0.25, 0.3) is 0 Å². The largest absolute Gasteiger partial charge is 0.418 e. The van der Waals surface area contributed by atoms with Crippen molar-refractivity contribution in [3.8, 4) is 0 Å². The molecule has 5 nitrogen and oxygen atoms in total. The SMILES string of the molecule is CC(=O)Nc1ccc(NCC(=O)Nc2ccc(C)cc2Cl)c(C(F)(F)F)c1. The summed E-state index contributed by atoms with van der Waals surface area (Å²) in [5.74, 6) is -1.04. The fourth-order valence-electron chi connectivity index (χ4n) is 2.31. The lowest BCUT2D eigenvalue weighted by molar-refractivity contribution is -0.137. The number of carbonyl (C=O) groups excluding carboxylic acids is 2. The van der Waals surface area contributed by atoms with Gasteiger partial charge in [-0.1, -0.05) is 17.7 Å². The third kappa shape index (κ3) is 5.89. The molecule has 0 aliphatic heterocycles. The number of amides is 2. The van der Waals surface area contributed by atoms with Crippen molar-refractivity contribution in [3.63, 3.8) is 0 Å². The molecule has 0 saturated heterocycles. The fourth-order valence-corrected chi connectivity index (χ4v) is 2.59. The minimum absolute atomic E-state index is 0.0104. The molecule has 0 radical (unpaired) electrons. The van der Waals surface area contributed by atoms with Crippen molar-refractivity contribution in [3.05, 3.63) is 52.5 Å². The Bertz CT molecular complexity index is 869. The molecule has 0 heterocycles. The van der Waals surface area contributed by atoms with Gasteiger partial charge in [-0.15, -0.1) is 0 Å². The predicted octanol–water partition coefficient (Wildman–Crippen LogP) is 4.68. The van der Waals surface area contributed by atoms with Crippen LogP contribution in [0.15, 0.2) is 36.4 Å². The van der Waals surface area contributed by atoms with Crippen LogP contribution in [0.4, 0.5) is 30.2 Å². The third-order valence-corrected chi connectivity index (χ3v) is 3.80. The second kappa shape index (κ2) is 8.30. The van der Waals surface area contributed by atoms with Crippen molar-refractivity contribution >= 4 is 40.5 Å². The number of hydrogen-bond acceptors (Lipinski definition) is 3. The minimum atomic E-state index is -4.66. The molecule has 9 heteroatoms. The van der Waals surface area contributed by atoms with Gasteiger partial charge in [-0.2, -0.15) is 13.2 Å². The summed E-state index contributed by atoms with van der Waals surface area (Å²) in [4.78, 5) is 23.1. The summed E-state index contributed by atoms with van der Waals surface area (Å²) < 4.78 is 39.8. The quantitative estimate of drug-likeness (QED) is 0.684. The van der Waals surface area contributed by atoms with E-state index in [-0.39, 0.29) is 11.4 Å². The highest BCUT2D eigenvalue weighted by Gasteiger charge is 2.34. The van der Waals surface area contributed by atoms with Crippen LogP contribution < -0.4 is 16.0 Å². The summed E-state index contributed by atoms with van der Waals surface area (Å²) in [7, 11) is 0. The Morgan fingerprint density at radius 3 is 2.30 bits per heavy atom. The number of carbonyl (C=O) groups is 2. The van der Waals surface area contributed by atoms with Crippen molar-refractivity contribution in [2.45, 2.75) is 20.0 Å². The molecule has 0 atom stereocenters. The van der Waals surface area contributed by atoms with Crippen LogP contribution in [-0.4, -0.2) is 18.4 Å². The Hall–Kier alpha value is -2.74. The first-order valence-electron chi connectivity index (χ1n) is 7.85. The van der Waals surface area contributed by atoms with Gasteiger partial charge in [0.25, 0.3) is 0 Å². The lowest BCUT2D eigenvalue weighted by atomic mass is 10.1. The molecule has 2 rings (SSSR count). The Balaban J connectivity index is 2.11. The number of nitrogens with one attached hydrogen (secondary N) is 3. The molecule has 2 aromatic carbocycles. The maximum Gasteiger partial charge on any atom is 0.418 e. The Kier molecular flexibility index (Phi) is 6.32. The van der Waals surface area contributed by atoms with E-state index >= 15 is 0 Å². The number of halogens is 4. The van der Waals surface area contributed by atoms with Crippen LogP contribution in [-0.2, 0) is 15.8 Å². The lowest BCUT2D eigenvalue weighted by Gasteiger charge is -2.16. The van der Waals surface area contributed by atoms with Gasteiger partial charge in [0.15, 0.2) is 0 Å². The van der Waals surface area contributed by atoms with Gasteiger partial charge in [0.1, 0.15) is 0 Å². The second-order valence-corrected chi connectivity index (χ2v) is 6.23. The molecule has 144 valence electrons. The van der Waals surface area contributed by atoms with Crippen molar-refractivity contribution in [2.24, 2.45) is 0 Å². The highest BCUT2D eigenvalue weighted by Crippen LogP contribution is 2.36. The van der Waals surface area contributed by atoms with E-state index in [0.717, 1.165) is 17.7 Å². The van der Waals surface area contributed by atoms with Gasteiger partial charge in [0.05, 0.1) is 22.8 Å². The molecule has 0 aliphatic carbocycles. The van der Waals surface area contributed by atoms with E-state index < -0.39 is 30.1 Å². The smallest absolute Gasteiger partial charge is 0.376 e. The number of benzene rings is 2. The maximum atomic E-state index is 13.3. The van der Waals surface area contributed by atoms with Gasteiger partial charge in [-0.05, 0) is 42.8 Å². The Morgan fingerprint density at radius 1 is 1.04 bits per heavy atom. The molecule has 2 amide bonds. The van der Waals surface area contributed by atoms with Crippen LogP contribution in [0, 0.1) is 6.92 Å².